The largest absolute Gasteiger partial charge is 0.490 e. The fourth-order valence-electron chi connectivity index (χ4n) is 2.91. The van der Waals surface area contributed by atoms with Gasteiger partial charge in [-0.2, -0.15) is 0 Å². The van der Waals surface area contributed by atoms with Gasteiger partial charge >= 0.3 is 0 Å². The van der Waals surface area contributed by atoms with Gasteiger partial charge in [0.25, 0.3) is 0 Å². The number of aliphatic imine (C=N–C) groups is 1. The zero-order valence-corrected chi connectivity index (χ0v) is 21.7. The van der Waals surface area contributed by atoms with Gasteiger partial charge in [0.1, 0.15) is 0 Å². The molecule has 0 fully saturated rings. The summed E-state index contributed by atoms with van der Waals surface area (Å²) in [5, 5.41) is 6.53. The molecule has 0 aliphatic carbocycles. The van der Waals surface area contributed by atoms with Crippen molar-refractivity contribution < 1.29 is 13.7 Å². The lowest BCUT2D eigenvalue weighted by Gasteiger charge is -2.14. The van der Waals surface area contributed by atoms with Crippen LogP contribution in [-0.4, -0.2) is 49.3 Å². The van der Waals surface area contributed by atoms with E-state index in [-0.39, 0.29) is 24.0 Å². The van der Waals surface area contributed by atoms with E-state index in [0.29, 0.717) is 37.2 Å². The Morgan fingerprint density at radius 3 is 2.29 bits per heavy atom. The molecular formula is C23H34IN3O3S. The van der Waals surface area contributed by atoms with Gasteiger partial charge in [-0.1, -0.05) is 36.4 Å². The number of halogens is 1. The first-order valence-electron chi connectivity index (χ1n) is 10.4. The second-order valence-electron chi connectivity index (χ2n) is 6.60. The fourth-order valence-corrected chi connectivity index (χ4v) is 3.95. The number of ether oxygens (including phenoxy) is 2. The van der Waals surface area contributed by atoms with Crippen molar-refractivity contribution >= 4 is 40.7 Å². The molecule has 1 atom stereocenters. The lowest BCUT2D eigenvalue weighted by molar-refractivity contribution is 0.287. The summed E-state index contributed by atoms with van der Waals surface area (Å²) in [4.78, 5) is 4.24. The molecule has 2 aromatic rings. The quantitative estimate of drug-likeness (QED) is 0.236. The van der Waals surface area contributed by atoms with Crippen LogP contribution in [0.3, 0.4) is 0 Å². The van der Waals surface area contributed by atoms with Gasteiger partial charge in [0.05, 0.1) is 13.2 Å². The normalized spacial score (nSPS) is 11.9. The monoisotopic (exact) mass is 559 g/mol. The summed E-state index contributed by atoms with van der Waals surface area (Å²) >= 11 is 0. The molecule has 0 amide bonds. The van der Waals surface area contributed by atoms with Crippen LogP contribution in [0.25, 0.3) is 0 Å². The van der Waals surface area contributed by atoms with Crippen LogP contribution in [0.5, 0.6) is 11.5 Å². The van der Waals surface area contributed by atoms with Crippen molar-refractivity contribution in [1.82, 2.24) is 10.6 Å². The minimum atomic E-state index is -0.905. The molecule has 0 bridgehead atoms. The van der Waals surface area contributed by atoms with Crippen LogP contribution < -0.4 is 20.1 Å². The van der Waals surface area contributed by atoms with E-state index in [2.05, 4.69) is 21.7 Å². The molecule has 0 saturated carbocycles. The molecule has 1 unspecified atom stereocenters. The Morgan fingerprint density at radius 1 is 0.935 bits per heavy atom. The third kappa shape index (κ3) is 10.4. The van der Waals surface area contributed by atoms with Gasteiger partial charge in [-0.3, -0.25) is 9.20 Å². The van der Waals surface area contributed by atoms with E-state index in [1.165, 1.54) is 0 Å². The summed E-state index contributed by atoms with van der Waals surface area (Å²) in [6.07, 6.45) is 0.827. The molecule has 0 spiro atoms. The van der Waals surface area contributed by atoms with E-state index in [1.54, 1.807) is 7.05 Å². The SMILES string of the molecule is CCOc1ccc(CCNC(=NC)NCCS(=O)Cc2ccccc2)cc1OCC.I. The van der Waals surface area contributed by atoms with Gasteiger partial charge in [0, 0.05) is 42.4 Å². The Labute approximate surface area is 205 Å². The minimum Gasteiger partial charge on any atom is -0.490 e. The zero-order chi connectivity index (χ0) is 21.6. The predicted molar refractivity (Wildman–Crippen MR) is 140 cm³/mol. The Balaban J connectivity index is 0.00000480. The van der Waals surface area contributed by atoms with Gasteiger partial charge in [0.15, 0.2) is 17.5 Å². The van der Waals surface area contributed by atoms with Crippen LogP contribution in [-0.2, 0) is 23.0 Å². The molecule has 172 valence electrons. The van der Waals surface area contributed by atoms with Gasteiger partial charge in [-0.25, -0.2) is 0 Å². The lowest BCUT2D eigenvalue weighted by atomic mass is 10.1. The van der Waals surface area contributed by atoms with Gasteiger partial charge in [-0.05, 0) is 43.5 Å². The molecule has 0 aliphatic heterocycles. The van der Waals surface area contributed by atoms with Crippen LogP contribution in [0, 0.1) is 0 Å². The minimum absolute atomic E-state index is 0. The van der Waals surface area contributed by atoms with Gasteiger partial charge in [0.2, 0.25) is 0 Å². The van der Waals surface area contributed by atoms with Crippen LogP contribution in [0.4, 0.5) is 0 Å². The molecule has 0 aromatic heterocycles. The van der Waals surface area contributed by atoms with Gasteiger partial charge < -0.3 is 20.1 Å². The molecule has 31 heavy (non-hydrogen) atoms. The van der Waals surface area contributed by atoms with Crippen LogP contribution in [0.1, 0.15) is 25.0 Å². The smallest absolute Gasteiger partial charge is 0.191 e. The molecule has 8 heteroatoms. The summed E-state index contributed by atoms with van der Waals surface area (Å²) in [7, 11) is 0.832. The van der Waals surface area contributed by atoms with Gasteiger partial charge in [-0.15, -0.1) is 24.0 Å². The molecule has 2 rings (SSSR count). The number of hydrogen-bond acceptors (Lipinski definition) is 4. The zero-order valence-electron chi connectivity index (χ0n) is 18.6. The van der Waals surface area contributed by atoms with Crippen molar-refractivity contribution in [2.45, 2.75) is 26.0 Å². The molecular weight excluding hydrogens is 525 g/mol. The van der Waals surface area contributed by atoms with Crippen LogP contribution in [0.2, 0.25) is 0 Å². The third-order valence-corrected chi connectivity index (χ3v) is 5.64. The average Bonchev–Trinajstić information content (AvgIpc) is 2.75. The number of benzene rings is 2. The average molecular weight is 560 g/mol. The Morgan fingerprint density at radius 2 is 1.61 bits per heavy atom. The summed E-state index contributed by atoms with van der Waals surface area (Å²) in [6, 6.07) is 16.0. The highest BCUT2D eigenvalue weighted by molar-refractivity contribution is 14.0. The molecule has 0 saturated heterocycles. The second kappa shape index (κ2) is 15.9. The van der Waals surface area contributed by atoms with E-state index in [9.17, 15) is 4.21 Å². The summed E-state index contributed by atoms with van der Waals surface area (Å²) in [5.41, 5.74) is 2.26. The molecule has 0 radical (unpaired) electrons. The van der Waals surface area contributed by atoms with Crippen molar-refractivity contribution in [2.24, 2.45) is 4.99 Å². The topological polar surface area (TPSA) is 72.0 Å². The maximum Gasteiger partial charge on any atom is 0.191 e. The fraction of sp³-hybridized carbons (Fsp3) is 0.435. The number of nitrogens with zero attached hydrogens (tertiary/aromatic N) is 1. The standard InChI is InChI=1S/C23H33N3O3S.HI/c1-4-28-21-12-11-19(17-22(21)29-5-2)13-14-25-23(24-3)26-15-16-30(27)18-20-9-7-6-8-10-20;/h6-12,17H,4-5,13-16,18H2,1-3H3,(H2,24,25,26);1H. The maximum atomic E-state index is 12.2. The van der Waals surface area contributed by atoms with Crippen molar-refractivity contribution in [3.63, 3.8) is 0 Å². The molecule has 6 nitrogen and oxygen atoms in total. The Bertz CT molecular complexity index is 819. The van der Waals surface area contributed by atoms with Crippen molar-refractivity contribution in [3.05, 3.63) is 59.7 Å². The highest BCUT2D eigenvalue weighted by Crippen LogP contribution is 2.28. The highest BCUT2D eigenvalue weighted by Gasteiger charge is 2.07. The number of nitrogens with one attached hydrogen (secondary N) is 2. The molecule has 2 aromatic carbocycles. The molecule has 0 heterocycles. The summed E-state index contributed by atoms with van der Waals surface area (Å²) in [6.45, 7) is 6.47. The maximum absolute atomic E-state index is 12.2. The number of rotatable bonds is 12. The van der Waals surface area contributed by atoms with E-state index < -0.39 is 10.8 Å². The number of hydrogen-bond donors (Lipinski definition) is 2. The highest BCUT2D eigenvalue weighted by atomic mass is 127. The van der Waals surface area contributed by atoms with E-state index >= 15 is 0 Å². The molecule has 0 aliphatic rings. The molecule has 2 N–H and O–H groups in total. The van der Waals surface area contributed by atoms with E-state index in [1.807, 2.05) is 56.3 Å². The summed E-state index contributed by atoms with van der Waals surface area (Å²) in [5.74, 6) is 3.42. The van der Waals surface area contributed by atoms with E-state index in [0.717, 1.165) is 35.6 Å². The second-order valence-corrected chi connectivity index (χ2v) is 8.17. The van der Waals surface area contributed by atoms with Crippen LogP contribution in [0.15, 0.2) is 53.5 Å². The summed E-state index contributed by atoms with van der Waals surface area (Å²) < 4.78 is 23.5. The first-order chi connectivity index (χ1) is 14.7. The Hall–Kier alpha value is -1.81. The predicted octanol–water partition coefficient (Wildman–Crippen LogP) is 3.76. The third-order valence-electron chi connectivity index (χ3n) is 4.33. The first kappa shape index (κ1) is 27.2. The van der Waals surface area contributed by atoms with Crippen molar-refractivity contribution in [3.8, 4) is 11.5 Å². The Kier molecular flexibility index (Phi) is 14.0. The van der Waals surface area contributed by atoms with E-state index in [4.69, 9.17) is 9.47 Å². The van der Waals surface area contributed by atoms with Crippen molar-refractivity contribution in [1.29, 1.82) is 0 Å². The first-order valence-corrected chi connectivity index (χ1v) is 11.9. The van der Waals surface area contributed by atoms with Crippen LogP contribution >= 0.6 is 24.0 Å². The number of guanidine groups is 1. The lowest BCUT2D eigenvalue weighted by Crippen LogP contribution is -2.40. The van der Waals surface area contributed by atoms with Crippen molar-refractivity contribution in [2.75, 3.05) is 39.1 Å².